The van der Waals surface area contributed by atoms with Gasteiger partial charge in [0.15, 0.2) is 0 Å². The summed E-state index contributed by atoms with van der Waals surface area (Å²) in [6.07, 6.45) is 0. The van der Waals surface area contributed by atoms with Crippen LogP contribution in [0.25, 0.3) is 0 Å². The number of primary sulfonamides is 1. The summed E-state index contributed by atoms with van der Waals surface area (Å²) in [6, 6.07) is 8.24. The zero-order valence-corrected chi connectivity index (χ0v) is 10.4. The fraction of sp³-hybridized carbons (Fsp3) is 0.455. The third kappa shape index (κ3) is 4.74. The van der Waals surface area contributed by atoms with Crippen LogP contribution in [0.4, 0.5) is 0 Å². The van der Waals surface area contributed by atoms with Crippen LogP contribution in [-0.2, 0) is 10.0 Å². The van der Waals surface area contributed by atoms with E-state index >= 15 is 0 Å². The van der Waals surface area contributed by atoms with Crippen molar-refractivity contribution in [3.05, 3.63) is 35.4 Å². The highest BCUT2D eigenvalue weighted by molar-refractivity contribution is 7.89. The van der Waals surface area contributed by atoms with E-state index in [9.17, 15) is 8.42 Å². The van der Waals surface area contributed by atoms with Crippen LogP contribution in [0.15, 0.2) is 24.3 Å². The van der Waals surface area contributed by atoms with Crippen LogP contribution in [0.1, 0.15) is 24.1 Å². The molecular weight excluding hydrogens is 224 g/mol. The van der Waals surface area contributed by atoms with Crippen LogP contribution in [0.2, 0.25) is 0 Å². The molecule has 0 saturated carbocycles. The number of benzene rings is 1. The van der Waals surface area contributed by atoms with E-state index in [2.05, 4.69) is 11.4 Å². The Morgan fingerprint density at radius 3 is 2.69 bits per heavy atom. The molecule has 5 heteroatoms. The molecule has 4 nitrogen and oxygen atoms in total. The number of hydrogen-bond acceptors (Lipinski definition) is 3. The van der Waals surface area contributed by atoms with Gasteiger partial charge < -0.3 is 5.32 Å². The Balaban J connectivity index is 2.50. The fourth-order valence-corrected chi connectivity index (χ4v) is 1.88. The first-order valence-corrected chi connectivity index (χ1v) is 6.90. The second-order valence-electron chi connectivity index (χ2n) is 3.96. The lowest BCUT2D eigenvalue weighted by molar-refractivity contribution is 0.573. The molecule has 0 radical (unpaired) electrons. The average Bonchev–Trinajstić information content (AvgIpc) is 2.15. The summed E-state index contributed by atoms with van der Waals surface area (Å²) in [6.45, 7) is 4.40. The van der Waals surface area contributed by atoms with E-state index in [0.29, 0.717) is 6.54 Å². The van der Waals surface area contributed by atoms with Gasteiger partial charge >= 0.3 is 0 Å². The molecule has 0 saturated heterocycles. The Kier molecular flexibility index (Phi) is 4.46. The summed E-state index contributed by atoms with van der Waals surface area (Å²) in [5, 5.41) is 8.04. The van der Waals surface area contributed by atoms with E-state index in [1.54, 1.807) is 0 Å². The third-order valence-electron chi connectivity index (χ3n) is 2.38. The Bertz CT molecular complexity index is 443. The van der Waals surface area contributed by atoms with Gasteiger partial charge in [0.2, 0.25) is 10.0 Å². The lowest BCUT2D eigenvalue weighted by Crippen LogP contribution is -2.28. The highest BCUT2D eigenvalue weighted by Crippen LogP contribution is 2.13. The molecule has 1 atom stereocenters. The van der Waals surface area contributed by atoms with E-state index < -0.39 is 10.0 Å². The van der Waals surface area contributed by atoms with Crippen molar-refractivity contribution in [2.24, 2.45) is 5.14 Å². The van der Waals surface area contributed by atoms with Gasteiger partial charge in [-0.3, -0.25) is 0 Å². The smallest absolute Gasteiger partial charge is 0.210 e. The van der Waals surface area contributed by atoms with E-state index in [0.717, 1.165) is 5.56 Å². The molecule has 0 aromatic heterocycles. The first kappa shape index (κ1) is 13.2. The third-order valence-corrected chi connectivity index (χ3v) is 3.15. The number of aryl methyl sites for hydroxylation is 1. The quantitative estimate of drug-likeness (QED) is 0.807. The highest BCUT2D eigenvalue weighted by atomic mass is 32.2. The van der Waals surface area contributed by atoms with Gasteiger partial charge in [0.25, 0.3) is 0 Å². The van der Waals surface area contributed by atoms with Crippen molar-refractivity contribution < 1.29 is 8.42 Å². The molecule has 1 aromatic carbocycles. The summed E-state index contributed by atoms with van der Waals surface area (Å²) in [5.74, 6) is -0.0385. The number of sulfonamides is 1. The van der Waals surface area contributed by atoms with Crippen LogP contribution in [0.3, 0.4) is 0 Å². The first-order valence-electron chi connectivity index (χ1n) is 5.19. The Labute approximate surface area is 96.9 Å². The normalized spacial score (nSPS) is 13.7. The lowest BCUT2D eigenvalue weighted by atomic mass is 10.1. The Morgan fingerprint density at radius 2 is 2.12 bits per heavy atom. The van der Waals surface area contributed by atoms with Crippen molar-refractivity contribution in [3.63, 3.8) is 0 Å². The minimum absolute atomic E-state index is 0.0385. The van der Waals surface area contributed by atoms with Gasteiger partial charge in [-0.15, -0.1) is 0 Å². The topological polar surface area (TPSA) is 72.2 Å². The summed E-state index contributed by atoms with van der Waals surface area (Å²) >= 11 is 0. The van der Waals surface area contributed by atoms with Crippen LogP contribution in [0, 0.1) is 6.92 Å². The molecule has 0 aliphatic heterocycles. The fourth-order valence-electron chi connectivity index (χ4n) is 1.48. The summed E-state index contributed by atoms with van der Waals surface area (Å²) in [4.78, 5) is 0. The second kappa shape index (κ2) is 5.43. The van der Waals surface area contributed by atoms with Gasteiger partial charge in [-0.2, -0.15) is 0 Å². The molecule has 1 aromatic rings. The maximum Gasteiger partial charge on any atom is 0.210 e. The predicted octanol–water partition coefficient (Wildman–Crippen LogP) is 0.934. The van der Waals surface area contributed by atoms with Crippen LogP contribution < -0.4 is 10.5 Å². The zero-order chi connectivity index (χ0) is 12.2. The van der Waals surface area contributed by atoms with Crippen LogP contribution in [0.5, 0.6) is 0 Å². The maximum absolute atomic E-state index is 10.7. The number of nitrogens with two attached hydrogens (primary N) is 1. The van der Waals surface area contributed by atoms with Gasteiger partial charge in [0.1, 0.15) is 0 Å². The molecule has 0 spiro atoms. The molecule has 0 fully saturated rings. The zero-order valence-electron chi connectivity index (χ0n) is 9.60. The monoisotopic (exact) mass is 242 g/mol. The highest BCUT2D eigenvalue weighted by Gasteiger charge is 2.07. The Hall–Kier alpha value is -0.910. The SMILES string of the molecule is Cc1cccc(C(C)NCCS(N)(=O)=O)c1. The van der Waals surface area contributed by atoms with Gasteiger partial charge in [0, 0.05) is 12.6 Å². The maximum atomic E-state index is 10.7. The largest absolute Gasteiger partial charge is 0.309 e. The second-order valence-corrected chi connectivity index (χ2v) is 5.69. The van der Waals surface area contributed by atoms with Crippen molar-refractivity contribution in [2.45, 2.75) is 19.9 Å². The van der Waals surface area contributed by atoms with Crippen molar-refractivity contribution >= 4 is 10.0 Å². The van der Waals surface area contributed by atoms with Crippen molar-refractivity contribution in [1.82, 2.24) is 5.32 Å². The molecule has 0 amide bonds. The summed E-state index contributed by atoms with van der Waals surface area (Å²) < 4.78 is 21.5. The molecule has 3 N–H and O–H groups in total. The van der Waals surface area contributed by atoms with Crippen molar-refractivity contribution in [3.8, 4) is 0 Å². The number of rotatable bonds is 5. The van der Waals surface area contributed by atoms with E-state index in [1.165, 1.54) is 5.56 Å². The molecule has 16 heavy (non-hydrogen) atoms. The molecule has 1 unspecified atom stereocenters. The van der Waals surface area contributed by atoms with Gasteiger partial charge in [-0.25, -0.2) is 13.6 Å². The van der Waals surface area contributed by atoms with E-state index in [-0.39, 0.29) is 11.8 Å². The van der Waals surface area contributed by atoms with E-state index in [1.807, 2.05) is 32.0 Å². The summed E-state index contributed by atoms with van der Waals surface area (Å²) in [7, 11) is -3.37. The minimum atomic E-state index is -3.37. The molecule has 0 heterocycles. The molecule has 0 bridgehead atoms. The number of hydrogen-bond donors (Lipinski definition) is 2. The standard InChI is InChI=1S/C11H18N2O2S/c1-9-4-3-5-11(8-9)10(2)13-6-7-16(12,14)15/h3-5,8,10,13H,6-7H2,1-2H3,(H2,12,14,15). The van der Waals surface area contributed by atoms with Crippen molar-refractivity contribution in [2.75, 3.05) is 12.3 Å². The molecule has 90 valence electrons. The lowest BCUT2D eigenvalue weighted by Gasteiger charge is -2.14. The molecule has 0 aliphatic rings. The number of nitrogens with one attached hydrogen (secondary N) is 1. The molecule has 0 aliphatic carbocycles. The molecule has 1 rings (SSSR count). The first-order chi connectivity index (χ1) is 7.38. The Morgan fingerprint density at radius 1 is 1.44 bits per heavy atom. The van der Waals surface area contributed by atoms with Crippen LogP contribution >= 0.6 is 0 Å². The average molecular weight is 242 g/mol. The molecular formula is C11H18N2O2S. The van der Waals surface area contributed by atoms with Gasteiger partial charge in [-0.05, 0) is 19.4 Å². The van der Waals surface area contributed by atoms with Gasteiger partial charge in [0.05, 0.1) is 5.75 Å². The van der Waals surface area contributed by atoms with Crippen LogP contribution in [-0.4, -0.2) is 20.7 Å². The predicted molar refractivity (Wildman–Crippen MR) is 65.6 cm³/mol. The van der Waals surface area contributed by atoms with Gasteiger partial charge in [-0.1, -0.05) is 29.8 Å². The summed E-state index contributed by atoms with van der Waals surface area (Å²) in [5.41, 5.74) is 2.34. The van der Waals surface area contributed by atoms with E-state index in [4.69, 9.17) is 5.14 Å². The van der Waals surface area contributed by atoms with Crippen molar-refractivity contribution in [1.29, 1.82) is 0 Å². The minimum Gasteiger partial charge on any atom is -0.309 e.